The summed E-state index contributed by atoms with van der Waals surface area (Å²) >= 11 is 3.36. The van der Waals surface area contributed by atoms with Crippen molar-refractivity contribution in [2.45, 2.75) is 0 Å². The minimum Gasteiger partial charge on any atom is -0.368 e. The van der Waals surface area contributed by atoms with Crippen LogP contribution in [0, 0.1) is 0 Å². The molecule has 0 fully saturated rings. The van der Waals surface area contributed by atoms with E-state index in [9.17, 15) is 0 Å². The van der Waals surface area contributed by atoms with Crippen LogP contribution < -0.4 is 5.73 Å². The lowest BCUT2D eigenvalue weighted by Gasteiger charge is -2.04. The topological polar surface area (TPSA) is 69.6 Å². The minimum atomic E-state index is 0.262. The predicted octanol–water partition coefficient (Wildman–Crippen LogP) is 2.16. The van der Waals surface area contributed by atoms with E-state index in [0.29, 0.717) is 0 Å². The van der Waals surface area contributed by atoms with Gasteiger partial charge in [-0.25, -0.2) is 9.97 Å². The van der Waals surface area contributed by atoms with E-state index in [4.69, 9.17) is 5.73 Å². The van der Waals surface area contributed by atoms with Crippen LogP contribution in [0.1, 0.15) is 0 Å². The van der Waals surface area contributed by atoms with Gasteiger partial charge in [0.1, 0.15) is 10.4 Å². The van der Waals surface area contributed by atoms with Crippen molar-refractivity contribution < 1.29 is 0 Å². The molecule has 0 spiro atoms. The Kier molecular flexibility index (Phi) is 2.29. The van der Waals surface area contributed by atoms with E-state index < -0.39 is 0 Å². The molecule has 0 aliphatic carbocycles. The van der Waals surface area contributed by atoms with Crippen LogP contribution in [0.3, 0.4) is 0 Å². The fraction of sp³-hybridized carbons (Fsp3) is 0. The van der Waals surface area contributed by atoms with Crippen LogP contribution in [0.2, 0.25) is 0 Å². The summed E-state index contributed by atoms with van der Waals surface area (Å²) in [5, 5.41) is 1.05. The maximum absolute atomic E-state index is 5.58. The normalized spacial score (nSPS) is 10.9. The molecule has 3 heterocycles. The lowest BCUT2D eigenvalue weighted by molar-refractivity contribution is 1.02. The first-order valence-corrected chi connectivity index (χ1v) is 5.75. The Morgan fingerprint density at radius 1 is 1.24 bits per heavy atom. The van der Waals surface area contributed by atoms with Crippen LogP contribution in [-0.2, 0) is 0 Å². The number of halogens is 1. The van der Waals surface area contributed by atoms with Crippen molar-refractivity contribution in [2.24, 2.45) is 0 Å². The highest BCUT2D eigenvalue weighted by molar-refractivity contribution is 9.10. The molecule has 0 radical (unpaired) electrons. The van der Waals surface area contributed by atoms with Gasteiger partial charge < -0.3 is 10.3 Å². The molecule has 3 aromatic heterocycles. The molecule has 0 aromatic carbocycles. The van der Waals surface area contributed by atoms with Crippen molar-refractivity contribution >= 4 is 32.8 Å². The number of fused-ring (bicyclic) bond motifs is 1. The van der Waals surface area contributed by atoms with E-state index in [1.54, 1.807) is 12.4 Å². The molecule has 84 valence electrons. The van der Waals surface area contributed by atoms with Crippen molar-refractivity contribution in [2.75, 3.05) is 5.73 Å². The Hall–Kier alpha value is -1.95. The molecule has 0 atom stereocenters. The number of nitrogens with zero attached hydrogens (tertiary/aromatic N) is 4. The monoisotopic (exact) mass is 289 g/mol. The lowest BCUT2D eigenvalue weighted by atomic mass is 10.3. The number of hydrogen-bond donors (Lipinski definition) is 1. The van der Waals surface area contributed by atoms with Crippen LogP contribution >= 0.6 is 15.9 Å². The number of nitrogens with two attached hydrogens (primary N) is 1. The molecule has 0 aliphatic rings. The van der Waals surface area contributed by atoms with Crippen molar-refractivity contribution in [3.05, 3.63) is 41.4 Å². The quantitative estimate of drug-likeness (QED) is 0.697. The molecule has 0 aliphatic heterocycles. The standard InChI is InChI=1S/C11H8BrN5/c12-9-5-8-7(6-15-9)2-4-17(8)10-1-3-14-11(13)16-10/h1-6H,(H2,13,14,16). The molecule has 3 aromatic rings. The van der Waals surface area contributed by atoms with Gasteiger partial charge in [-0.15, -0.1) is 0 Å². The van der Waals surface area contributed by atoms with Gasteiger partial charge in [0, 0.05) is 24.0 Å². The summed E-state index contributed by atoms with van der Waals surface area (Å²) in [4.78, 5) is 12.2. The second-order valence-corrected chi connectivity index (χ2v) is 4.34. The van der Waals surface area contributed by atoms with Gasteiger partial charge in [-0.3, -0.25) is 0 Å². The molecule has 0 unspecified atom stereocenters. The fourth-order valence-electron chi connectivity index (χ4n) is 1.70. The van der Waals surface area contributed by atoms with E-state index in [1.165, 1.54) is 0 Å². The van der Waals surface area contributed by atoms with Gasteiger partial charge in [0.2, 0.25) is 5.95 Å². The van der Waals surface area contributed by atoms with E-state index in [1.807, 2.05) is 29.0 Å². The van der Waals surface area contributed by atoms with E-state index >= 15 is 0 Å². The molecule has 0 bridgehead atoms. The highest BCUT2D eigenvalue weighted by atomic mass is 79.9. The second-order valence-electron chi connectivity index (χ2n) is 3.52. The first-order chi connectivity index (χ1) is 8.24. The number of nitrogen functional groups attached to an aromatic ring is 1. The zero-order valence-electron chi connectivity index (χ0n) is 8.71. The molecular formula is C11H8BrN5. The number of anilines is 1. The van der Waals surface area contributed by atoms with Gasteiger partial charge in [-0.1, -0.05) is 0 Å². The van der Waals surface area contributed by atoms with Crippen LogP contribution in [0.5, 0.6) is 0 Å². The first-order valence-electron chi connectivity index (χ1n) is 4.95. The summed E-state index contributed by atoms with van der Waals surface area (Å²) in [7, 11) is 0. The summed E-state index contributed by atoms with van der Waals surface area (Å²) in [5.41, 5.74) is 6.60. The van der Waals surface area contributed by atoms with Crippen molar-refractivity contribution in [1.82, 2.24) is 19.5 Å². The van der Waals surface area contributed by atoms with Crippen LogP contribution in [0.25, 0.3) is 16.7 Å². The Bertz CT molecular complexity index is 691. The Morgan fingerprint density at radius 2 is 2.12 bits per heavy atom. The zero-order chi connectivity index (χ0) is 11.8. The molecule has 0 saturated heterocycles. The maximum Gasteiger partial charge on any atom is 0.221 e. The second kappa shape index (κ2) is 3.81. The highest BCUT2D eigenvalue weighted by Crippen LogP contribution is 2.21. The smallest absolute Gasteiger partial charge is 0.221 e. The zero-order valence-corrected chi connectivity index (χ0v) is 10.3. The summed E-state index contributed by atoms with van der Waals surface area (Å²) in [6.45, 7) is 0. The Morgan fingerprint density at radius 3 is 2.94 bits per heavy atom. The molecule has 0 saturated carbocycles. The molecule has 17 heavy (non-hydrogen) atoms. The summed E-state index contributed by atoms with van der Waals surface area (Å²) in [5.74, 6) is 1.00. The van der Waals surface area contributed by atoms with Gasteiger partial charge in [0.05, 0.1) is 5.52 Å². The maximum atomic E-state index is 5.58. The Labute approximate surface area is 105 Å². The summed E-state index contributed by atoms with van der Waals surface area (Å²) < 4.78 is 2.73. The molecular weight excluding hydrogens is 282 g/mol. The molecule has 3 rings (SSSR count). The Balaban J connectivity index is 2.27. The van der Waals surface area contributed by atoms with E-state index in [2.05, 4.69) is 30.9 Å². The van der Waals surface area contributed by atoms with Crippen LogP contribution in [0.15, 0.2) is 41.4 Å². The third kappa shape index (κ3) is 1.76. The van der Waals surface area contributed by atoms with Gasteiger partial charge in [-0.05, 0) is 34.1 Å². The van der Waals surface area contributed by atoms with Crippen LogP contribution in [0.4, 0.5) is 5.95 Å². The molecule has 0 amide bonds. The SMILES string of the molecule is Nc1nccc(-n2ccc3cnc(Br)cc32)n1. The van der Waals surface area contributed by atoms with Crippen molar-refractivity contribution in [3.8, 4) is 5.82 Å². The van der Waals surface area contributed by atoms with Gasteiger partial charge in [-0.2, -0.15) is 4.98 Å². The van der Waals surface area contributed by atoms with Crippen molar-refractivity contribution in [3.63, 3.8) is 0 Å². The summed E-state index contributed by atoms with van der Waals surface area (Å²) in [6.07, 6.45) is 5.38. The predicted molar refractivity (Wildman–Crippen MR) is 68.8 cm³/mol. The largest absolute Gasteiger partial charge is 0.368 e. The first kappa shape index (κ1) is 10.2. The van der Waals surface area contributed by atoms with Gasteiger partial charge in [0.25, 0.3) is 0 Å². The highest BCUT2D eigenvalue weighted by Gasteiger charge is 2.05. The van der Waals surface area contributed by atoms with E-state index in [-0.39, 0.29) is 5.95 Å². The molecule has 2 N–H and O–H groups in total. The van der Waals surface area contributed by atoms with Gasteiger partial charge in [0.15, 0.2) is 0 Å². The van der Waals surface area contributed by atoms with Crippen molar-refractivity contribution in [1.29, 1.82) is 0 Å². The third-order valence-electron chi connectivity index (χ3n) is 2.45. The van der Waals surface area contributed by atoms with Gasteiger partial charge >= 0.3 is 0 Å². The number of rotatable bonds is 1. The average molecular weight is 290 g/mol. The number of aromatic nitrogens is 4. The molecule has 6 heteroatoms. The number of pyridine rings is 1. The molecule has 5 nitrogen and oxygen atoms in total. The lowest BCUT2D eigenvalue weighted by Crippen LogP contribution is -2.00. The summed E-state index contributed by atoms with van der Waals surface area (Å²) in [6, 6.07) is 5.73. The van der Waals surface area contributed by atoms with E-state index in [0.717, 1.165) is 21.3 Å². The average Bonchev–Trinajstić information content (AvgIpc) is 2.71. The minimum absolute atomic E-state index is 0.262. The number of hydrogen-bond acceptors (Lipinski definition) is 4. The fourth-order valence-corrected chi connectivity index (χ4v) is 2.02. The van der Waals surface area contributed by atoms with Crippen LogP contribution in [-0.4, -0.2) is 19.5 Å². The third-order valence-corrected chi connectivity index (χ3v) is 2.88.